The van der Waals surface area contributed by atoms with E-state index in [4.69, 9.17) is 5.11 Å². The van der Waals surface area contributed by atoms with E-state index in [2.05, 4.69) is 20.3 Å². The third-order valence-electron chi connectivity index (χ3n) is 3.72. The summed E-state index contributed by atoms with van der Waals surface area (Å²) in [7, 11) is 0. The van der Waals surface area contributed by atoms with Gasteiger partial charge in [0.25, 0.3) is 5.91 Å². The molecule has 3 rings (SSSR count). The molecule has 0 saturated carbocycles. The SMILES string of the molecule is O=C(O)c1cncc(-n2cc(CN(CCF)C(=O)c3cncc(F)c3)nn2)c1. The zero-order chi connectivity index (χ0) is 20.1. The van der Waals surface area contributed by atoms with E-state index >= 15 is 0 Å². The molecule has 0 atom stereocenters. The maximum atomic E-state index is 13.3. The van der Waals surface area contributed by atoms with E-state index in [1.54, 1.807) is 0 Å². The quantitative estimate of drug-likeness (QED) is 0.652. The average molecular weight is 388 g/mol. The van der Waals surface area contributed by atoms with Crippen molar-refractivity contribution in [1.82, 2.24) is 29.9 Å². The van der Waals surface area contributed by atoms with Crippen molar-refractivity contribution in [2.45, 2.75) is 6.54 Å². The maximum absolute atomic E-state index is 13.3. The van der Waals surface area contributed by atoms with Crippen LogP contribution in [0.4, 0.5) is 8.78 Å². The Kier molecular flexibility index (Phi) is 5.63. The Morgan fingerprint density at radius 2 is 1.86 bits per heavy atom. The van der Waals surface area contributed by atoms with Crippen molar-refractivity contribution in [3.8, 4) is 5.69 Å². The van der Waals surface area contributed by atoms with Crippen LogP contribution in [0.15, 0.2) is 43.1 Å². The second kappa shape index (κ2) is 8.29. The molecule has 0 aliphatic heterocycles. The maximum Gasteiger partial charge on any atom is 0.337 e. The number of alkyl halides is 1. The fourth-order valence-electron chi connectivity index (χ4n) is 2.43. The van der Waals surface area contributed by atoms with E-state index in [0.717, 1.165) is 17.2 Å². The first kappa shape index (κ1) is 19.0. The summed E-state index contributed by atoms with van der Waals surface area (Å²) in [6.07, 6.45) is 6.20. The highest BCUT2D eigenvalue weighted by molar-refractivity contribution is 5.93. The van der Waals surface area contributed by atoms with Crippen molar-refractivity contribution >= 4 is 11.9 Å². The van der Waals surface area contributed by atoms with Crippen molar-refractivity contribution in [2.24, 2.45) is 0 Å². The molecule has 0 bridgehead atoms. The number of hydrogen-bond acceptors (Lipinski definition) is 6. The Bertz CT molecular complexity index is 1010. The van der Waals surface area contributed by atoms with Gasteiger partial charge in [0.1, 0.15) is 18.2 Å². The molecule has 0 aromatic carbocycles. The van der Waals surface area contributed by atoms with Gasteiger partial charge in [0.05, 0.1) is 41.9 Å². The molecule has 1 N–H and O–H groups in total. The molecule has 0 aliphatic carbocycles. The topological polar surface area (TPSA) is 114 Å². The lowest BCUT2D eigenvalue weighted by Gasteiger charge is -2.20. The third-order valence-corrected chi connectivity index (χ3v) is 3.72. The summed E-state index contributed by atoms with van der Waals surface area (Å²) in [5, 5.41) is 16.8. The standard InChI is InChI=1S/C17H14F2N6O3/c18-1-2-24(16(26)11-3-13(19)7-20-5-11)9-14-10-25(23-22-14)15-4-12(17(27)28)6-21-8-15/h3-8,10H,1-2,9H2,(H,27,28). The number of carbonyl (C=O) groups excluding carboxylic acids is 1. The van der Waals surface area contributed by atoms with E-state index in [-0.39, 0.29) is 24.2 Å². The molecule has 11 heteroatoms. The molecular weight excluding hydrogens is 374 g/mol. The Morgan fingerprint density at radius 3 is 2.57 bits per heavy atom. The molecule has 3 aromatic heterocycles. The van der Waals surface area contributed by atoms with Gasteiger partial charge in [-0.3, -0.25) is 14.8 Å². The lowest BCUT2D eigenvalue weighted by molar-refractivity contribution is 0.0694. The van der Waals surface area contributed by atoms with Crippen molar-refractivity contribution in [3.05, 3.63) is 65.8 Å². The summed E-state index contributed by atoms with van der Waals surface area (Å²) < 4.78 is 27.5. The molecule has 0 unspecified atom stereocenters. The highest BCUT2D eigenvalue weighted by Crippen LogP contribution is 2.12. The summed E-state index contributed by atoms with van der Waals surface area (Å²) in [6, 6.07) is 2.37. The molecule has 0 radical (unpaired) electrons. The predicted molar refractivity (Wildman–Crippen MR) is 91.0 cm³/mol. The molecule has 0 fully saturated rings. The second-order valence-corrected chi connectivity index (χ2v) is 5.70. The number of carboxylic acids is 1. The zero-order valence-corrected chi connectivity index (χ0v) is 14.4. The molecule has 0 aliphatic rings. The number of carbonyl (C=O) groups is 2. The minimum Gasteiger partial charge on any atom is -0.478 e. The summed E-state index contributed by atoms with van der Waals surface area (Å²) in [5.41, 5.74) is 0.643. The van der Waals surface area contributed by atoms with Gasteiger partial charge in [0.2, 0.25) is 0 Å². The van der Waals surface area contributed by atoms with Gasteiger partial charge in [-0.2, -0.15) is 0 Å². The molecule has 0 saturated heterocycles. The van der Waals surface area contributed by atoms with Crippen LogP contribution < -0.4 is 0 Å². The van der Waals surface area contributed by atoms with Crippen LogP contribution in [0.5, 0.6) is 0 Å². The zero-order valence-electron chi connectivity index (χ0n) is 14.4. The lowest BCUT2D eigenvalue weighted by atomic mass is 10.2. The van der Waals surface area contributed by atoms with E-state index in [1.165, 1.54) is 35.5 Å². The van der Waals surface area contributed by atoms with Crippen LogP contribution >= 0.6 is 0 Å². The van der Waals surface area contributed by atoms with Crippen LogP contribution in [0.25, 0.3) is 5.69 Å². The van der Waals surface area contributed by atoms with Crippen LogP contribution in [0, 0.1) is 5.82 Å². The number of nitrogens with zero attached hydrogens (tertiary/aromatic N) is 6. The first-order chi connectivity index (χ1) is 13.5. The summed E-state index contributed by atoms with van der Waals surface area (Å²) in [6.45, 7) is -1.10. The Labute approximate surface area is 157 Å². The van der Waals surface area contributed by atoms with E-state index < -0.39 is 24.4 Å². The largest absolute Gasteiger partial charge is 0.478 e. The Hall–Kier alpha value is -3.76. The fraction of sp³-hybridized carbons (Fsp3) is 0.176. The highest BCUT2D eigenvalue weighted by Gasteiger charge is 2.19. The third kappa shape index (κ3) is 4.31. The van der Waals surface area contributed by atoms with E-state index in [0.29, 0.717) is 11.4 Å². The van der Waals surface area contributed by atoms with Gasteiger partial charge in [-0.05, 0) is 12.1 Å². The van der Waals surface area contributed by atoms with Gasteiger partial charge in [-0.15, -0.1) is 5.10 Å². The first-order valence-corrected chi connectivity index (χ1v) is 8.03. The number of aromatic carboxylic acids is 1. The summed E-state index contributed by atoms with van der Waals surface area (Å²) in [5.74, 6) is -2.42. The first-order valence-electron chi connectivity index (χ1n) is 8.03. The molecule has 9 nitrogen and oxygen atoms in total. The van der Waals surface area contributed by atoms with Crippen molar-refractivity contribution in [3.63, 3.8) is 0 Å². The van der Waals surface area contributed by atoms with Crippen LogP contribution in [-0.4, -0.2) is 60.1 Å². The average Bonchev–Trinajstić information content (AvgIpc) is 3.16. The molecule has 3 aromatic rings. The van der Waals surface area contributed by atoms with Crippen molar-refractivity contribution < 1.29 is 23.5 Å². The minimum atomic E-state index is -1.14. The monoisotopic (exact) mass is 388 g/mol. The molecule has 3 heterocycles. The molecule has 144 valence electrons. The second-order valence-electron chi connectivity index (χ2n) is 5.70. The van der Waals surface area contributed by atoms with Crippen molar-refractivity contribution in [2.75, 3.05) is 13.2 Å². The fourth-order valence-corrected chi connectivity index (χ4v) is 2.43. The molecular formula is C17H14F2N6O3. The highest BCUT2D eigenvalue weighted by atomic mass is 19.1. The number of pyridine rings is 2. The van der Waals surface area contributed by atoms with Crippen LogP contribution in [-0.2, 0) is 6.54 Å². The lowest BCUT2D eigenvalue weighted by Crippen LogP contribution is -2.32. The van der Waals surface area contributed by atoms with Crippen molar-refractivity contribution in [1.29, 1.82) is 0 Å². The number of amides is 1. The molecule has 28 heavy (non-hydrogen) atoms. The smallest absolute Gasteiger partial charge is 0.337 e. The number of hydrogen-bond donors (Lipinski definition) is 1. The summed E-state index contributed by atoms with van der Waals surface area (Å²) in [4.78, 5) is 32.2. The van der Waals surface area contributed by atoms with Gasteiger partial charge < -0.3 is 10.0 Å². The Morgan fingerprint density at radius 1 is 1.11 bits per heavy atom. The number of aromatic nitrogens is 5. The number of halogens is 2. The molecule has 0 spiro atoms. The minimum absolute atomic E-state index is 0.0146. The van der Waals surface area contributed by atoms with E-state index in [1.807, 2.05) is 0 Å². The van der Waals surface area contributed by atoms with E-state index in [9.17, 15) is 18.4 Å². The number of rotatable bonds is 7. The van der Waals surface area contributed by atoms with Gasteiger partial charge in [0, 0.05) is 18.9 Å². The molecule has 1 amide bonds. The Balaban J connectivity index is 1.80. The van der Waals surface area contributed by atoms with Gasteiger partial charge in [-0.25, -0.2) is 18.3 Å². The number of carboxylic acid groups (broad SMARTS) is 1. The predicted octanol–water partition coefficient (Wildman–Crippen LogP) is 1.51. The van der Waals surface area contributed by atoms with Crippen LogP contribution in [0.3, 0.4) is 0 Å². The van der Waals surface area contributed by atoms with Gasteiger partial charge >= 0.3 is 5.97 Å². The van der Waals surface area contributed by atoms with Crippen LogP contribution in [0.1, 0.15) is 26.4 Å². The summed E-state index contributed by atoms with van der Waals surface area (Å²) >= 11 is 0. The van der Waals surface area contributed by atoms with Crippen LogP contribution in [0.2, 0.25) is 0 Å². The normalized spacial score (nSPS) is 10.6. The van der Waals surface area contributed by atoms with Gasteiger partial charge in [0.15, 0.2) is 0 Å². The van der Waals surface area contributed by atoms with Gasteiger partial charge in [-0.1, -0.05) is 5.21 Å².